The number of terminal acetylenes is 1. The third-order valence-corrected chi connectivity index (χ3v) is 2.84. The number of rotatable bonds is 3. The van der Waals surface area contributed by atoms with Gasteiger partial charge in [0.15, 0.2) is 0 Å². The number of hydrogen-bond acceptors (Lipinski definition) is 1. The van der Waals surface area contributed by atoms with E-state index in [-0.39, 0.29) is 5.82 Å². The molecule has 3 heteroatoms. The predicted molar refractivity (Wildman–Crippen MR) is 72.9 cm³/mol. The van der Waals surface area contributed by atoms with Crippen LogP contribution in [0.15, 0.2) is 42.5 Å². The van der Waals surface area contributed by atoms with Crippen LogP contribution in [-0.4, -0.2) is 5.91 Å². The maximum atomic E-state index is 13.3. The van der Waals surface area contributed by atoms with Crippen LogP contribution in [0.25, 0.3) is 11.1 Å². The average molecular weight is 253 g/mol. The minimum Gasteiger partial charge on any atom is -0.366 e. The monoisotopic (exact) mass is 253 g/mol. The van der Waals surface area contributed by atoms with Crippen molar-refractivity contribution in [1.29, 1.82) is 0 Å². The Bertz CT molecular complexity index is 671. The Morgan fingerprint density at radius 2 is 1.95 bits per heavy atom. The van der Waals surface area contributed by atoms with Gasteiger partial charge in [0, 0.05) is 12.0 Å². The van der Waals surface area contributed by atoms with Crippen molar-refractivity contribution in [2.45, 2.75) is 6.42 Å². The first-order valence-corrected chi connectivity index (χ1v) is 5.74. The maximum absolute atomic E-state index is 13.3. The van der Waals surface area contributed by atoms with Gasteiger partial charge in [-0.2, -0.15) is 0 Å². The highest BCUT2D eigenvalue weighted by Crippen LogP contribution is 2.28. The Morgan fingerprint density at radius 1 is 1.21 bits per heavy atom. The van der Waals surface area contributed by atoms with Gasteiger partial charge in [-0.15, -0.1) is 12.3 Å². The Balaban J connectivity index is 2.66. The second-order valence-electron chi connectivity index (χ2n) is 4.09. The Hall–Kier alpha value is -2.60. The normalized spacial score (nSPS) is 9.89. The van der Waals surface area contributed by atoms with Crippen molar-refractivity contribution in [3.05, 3.63) is 59.4 Å². The second-order valence-corrected chi connectivity index (χ2v) is 4.09. The first-order chi connectivity index (χ1) is 9.13. The van der Waals surface area contributed by atoms with E-state index in [1.165, 1.54) is 12.1 Å². The fourth-order valence-corrected chi connectivity index (χ4v) is 2.01. The molecule has 0 saturated heterocycles. The zero-order chi connectivity index (χ0) is 13.8. The lowest BCUT2D eigenvalue weighted by atomic mass is 9.94. The van der Waals surface area contributed by atoms with Gasteiger partial charge in [0.1, 0.15) is 5.82 Å². The van der Waals surface area contributed by atoms with Crippen molar-refractivity contribution in [2.24, 2.45) is 5.73 Å². The molecule has 0 bridgehead atoms. The van der Waals surface area contributed by atoms with Gasteiger partial charge < -0.3 is 5.73 Å². The number of nitrogens with two attached hydrogens (primary N) is 1. The summed E-state index contributed by atoms with van der Waals surface area (Å²) >= 11 is 0. The van der Waals surface area contributed by atoms with Gasteiger partial charge in [-0.25, -0.2) is 4.39 Å². The van der Waals surface area contributed by atoms with Gasteiger partial charge in [0.05, 0.1) is 0 Å². The lowest BCUT2D eigenvalue weighted by Crippen LogP contribution is -2.12. The summed E-state index contributed by atoms with van der Waals surface area (Å²) in [7, 11) is 0. The molecule has 0 saturated carbocycles. The van der Waals surface area contributed by atoms with Gasteiger partial charge in [-0.1, -0.05) is 24.3 Å². The van der Waals surface area contributed by atoms with E-state index in [4.69, 9.17) is 12.2 Å². The molecule has 0 aliphatic carbocycles. The topological polar surface area (TPSA) is 43.1 Å². The number of benzene rings is 2. The fourth-order valence-electron chi connectivity index (χ4n) is 2.01. The van der Waals surface area contributed by atoms with E-state index in [1.54, 1.807) is 30.3 Å². The number of primary amides is 1. The standard InChI is InChI=1S/C16H12FNO/c1-2-5-11-10-12(17)8-9-13(11)14-6-3-4-7-15(14)16(18)19/h1,3-4,6-10H,5H2,(H2,18,19). The van der Waals surface area contributed by atoms with Crippen LogP contribution in [0.3, 0.4) is 0 Å². The SMILES string of the molecule is C#CCc1cc(F)ccc1-c1ccccc1C(N)=O. The molecule has 2 aromatic rings. The molecule has 0 atom stereocenters. The quantitative estimate of drug-likeness (QED) is 0.840. The van der Waals surface area contributed by atoms with Crippen molar-refractivity contribution < 1.29 is 9.18 Å². The van der Waals surface area contributed by atoms with Crippen molar-refractivity contribution in [3.8, 4) is 23.5 Å². The van der Waals surface area contributed by atoms with Crippen LogP contribution in [0.5, 0.6) is 0 Å². The van der Waals surface area contributed by atoms with Crippen molar-refractivity contribution in [2.75, 3.05) is 0 Å². The lowest BCUT2D eigenvalue weighted by Gasteiger charge is -2.11. The Kier molecular flexibility index (Phi) is 3.63. The molecule has 0 heterocycles. The Morgan fingerprint density at radius 3 is 2.63 bits per heavy atom. The van der Waals surface area contributed by atoms with E-state index < -0.39 is 5.91 Å². The highest BCUT2D eigenvalue weighted by molar-refractivity contribution is 6.00. The number of carbonyl (C=O) groups is 1. The smallest absolute Gasteiger partial charge is 0.249 e. The van der Waals surface area contributed by atoms with E-state index in [1.807, 2.05) is 0 Å². The van der Waals surface area contributed by atoms with Gasteiger partial charge in [-0.05, 0) is 34.9 Å². The summed E-state index contributed by atoms with van der Waals surface area (Å²) in [4.78, 5) is 11.4. The highest BCUT2D eigenvalue weighted by atomic mass is 19.1. The molecule has 0 aliphatic rings. The van der Waals surface area contributed by atoms with Gasteiger partial charge >= 0.3 is 0 Å². The van der Waals surface area contributed by atoms with Crippen molar-refractivity contribution in [1.82, 2.24) is 0 Å². The molecule has 0 aromatic heterocycles. The molecule has 94 valence electrons. The molecule has 0 radical (unpaired) electrons. The minimum atomic E-state index is -0.522. The van der Waals surface area contributed by atoms with Crippen molar-refractivity contribution in [3.63, 3.8) is 0 Å². The molecule has 1 amide bonds. The molecule has 2 nitrogen and oxygen atoms in total. The number of hydrogen-bond donors (Lipinski definition) is 1. The molecular weight excluding hydrogens is 241 g/mol. The summed E-state index contributed by atoms with van der Waals surface area (Å²) in [5.41, 5.74) is 7.81. The van der Waals surface area contributed by atoms with E-state index in [9.17, 15) is 9.18 Å². The predicted octanol–water partition coefficient (Wildman–Crippen LogP) is 2.77. The lowest BCUT2D eigenvalue weighted by molar-refractivity contribution is 0.100. The summed E-state index contributed by atoms with van der Waals surface area (Å²) in [6.45, 7) is 0. The highest BCUT2D eigenvalue weighted by Gasteiger charge is 2.12. The summed E-state index contributed by atoms with van der Waals surface area (Å²) in [5.74, 6) is 1.61. The molecule has 2 N–H and O–H groups in total. The van der Waals surface area contributed by atoms with Crippen LogP contribution in [0, 0.1) is 18.2 Å². The number of amides is 1. The van der Waals surface area contributed by atoms with E-state index >= 15 is 0 Å². The largest absolute Gasteiger partial charge is 0.366 e. The molecular formula is C16H12FNO. The third kappa shape index (κ3) is 2.63. The van der Waals surface area contributed by atoms with Crippen LogP contribution in [0.4, 0.5) is 4.39 Å². The van der Waals surface area contributed by atoms with Gasteiger partial charge in [0.25, 0.3) is 0 Å². The van der Waals surface area contributed by atoms with Crippen LogP contribution >= 0.6 is 0 Å². The Labute approximate surface area is 111 Å². The summed E-state index contributed by atoms with van der Waals surface area (Å²) in [6.07, 6.45) is 5.58. The van der Waals surface area contributed by atoms with Crippen LogP contribution < -0.4 is 5.73 Å². The maximum Gasteiger partial charge on any atom is 0.249 e. The van der Waals surface area contributed by atoms with Gasteiger partial charge in [0.2, 0.25) is 5.91 Å². The first kappa shape index (κ1) is 12.8. The van der Waals surface area contributed by atoms with Crippen LogP contribution in [-0.2, 0) is 6.42 Å². The molecule has 2 aromatic carbocycles. The summed E-state index contributed by atoms with van der Waals surface area (Å²) < 4.78 is 13.3. The van der Waals surface area contributed by atoms with Crippen molar-refractivity contribution >= 4 is 5.91 Å². The molecule has 0 fully saturated rings. The first-order valence-electron chi connectivity index (χ1n) is 5.74. The zero-order valence-corrected chi connectivity index (χ0v) is 10.2. The van der Waals surface area contributed by atoms with Crippen LogP contribution in [0.1, 0.15) is 15.9 Å². The number of halogens is 1. The van der Waals surface area contributed by atoms with E-state index in [2.05, 4.69) is 5.92 Å². The molecule has 19 heavy (non-hydrogen) atoms. The molecule has 0 aliphatic heterocycles. The fraction of sp³-hybridized carbons (Fsp3) is 0.0625. The summed E-state index contributed by atoms with van der Waals surface area (Å²) in [5, 5.41) is 0. The minimum absolute atomic E-state index is 0.292. The van der Waals surface area contributed by atoms with E-state index in [0.717, 1.165) is 5.56 Å². The van der Waals surface area contributed by atoms with Crippen LogP contribution in [0.2, 0.25) is 0 Å². The number of carbonyl (C=O) groups excluding carboxylic acids is 1. The molecule has 0 spiro atoms. The van der Waals surface area contributed by atoms with E-state index in [0.29, 0.717) is 23.1 Å². The zero-order valence-electron chi connectivity index (χ0n) is 10.2. The third-order valence-electron chi connectivity index (χ3n) is 2.84. The summed E-state index contributed by atoms with van der Waals surface area (Å²) in [6, 6.07) is 11.3. The average Bonchev–Trinajstić information content (AvgIpc) is 2.39. The van der Waals surface area contributed by atoms with Gasteiger partial charge in [-0.3, -0.25) is 4.79 Å². The molecule has 0 unspecified atom stereocenters. The second kappa shape index (κ2) is 5.36. The molecule has 2 rings (SSSR count).